The summed E-state index contributed by atoms with van der Waals surface area (Å²) in [5.41, 5.74) is 1.40. The summed E-state index contributed by atoms with van der Waals surface area (Å²) in [5, 5.41) is 21.2. The summed E-state index contributed by atoms with van der Waals surface area (Å²) in [7, 11) is 1.91. The van der Waals surface area contributed by atoms with Crippen LogP contribution in [0.3, 0.4) is 0 Å². The Morgan fingerprint density at radius 1 is 1.48 bits per heavy atom. The van der Waals surface area contributed by atoms with Crippen molar-refractivity contribution in [3.63, 3.8) is 0 Å². The third-order valence-electron chi connectivity index (χ3n) is 4.45. The van der Waals surface area contributed by atoms with Gasteiger partial charge in [-0.15, -0.1) is 10.2 Å². The van der Waals surface area contributed by atoms with Gasteiger partial charge in [-0.3, -0.25) is 9.78 Å². The van der Waals surface area contributed by atoms with Gasteiger partial charge in [-0.25, -0.2) is 0 Å². The number of amides is 1. The highest BCUT2D eigenvalue weighted by molar-refractivity contribution is 5.94. The predicted octanol–water partition coefficient (Wildman–Crippen LogP) is 0.803. The standard InChI is InChI=1S/C16H21N5O2/c1-10-5-11(3-4-17-10)16(23)18-8-13-6-12(7-14(13)22)15-20-19-9-21(15)2/h3-5,9,12-14,22H,6-8H2,1-2H3,(H,18,23)/t12-,13+,14+/m0/s1. The average Bonchev–Trinajstić information content (AvgIpc) is 3.10. The maximum atomic E-state index is 12.2. The first-order valence-electron chi connectivity index (χ1n) is 7.77. The van der Waals surface area contributed by atoms with Crippen molar-refractivity contribution in [2.75, 3.05) is 6.54 Å². The van der Waals surface area contributed by atoms with Gasteiger partial charge in [0.1, 0.15) is 12.2 Å². The van der Waals surface area contributed by atoms with Gasteiger partial charge >= 0.3 is 0 Å². The van der Waals surface area contributed by atoms with E-state index in [0.717, 1.165) is 17.9 Å². The third kappa shape index (κ3) is 3.39. The molecule has 1 aliphatic carbocycles. The normalized spacial score (nSPS) is 23.9. The summed E-state index contributed by atoms with van der Waals surface area (Å²) < 4.78 is 1.89. The number of carbonyl (C=O) groups excluding carboxylic acids is 1. The van der Waals surface area contributed by atoms with E-state index in [2.05, 4.69) is 20.5 Å². The van der Waals surface area contributed by atoms with Crippen molar-refractivity contribution < 1.29 is 9.90 Å². The maximum Gasteiger partial charge on any atom is 0.251 e. The number of hydrogen-bond acceptors (Lipinski definition) is 5. The van der Waals surface area contributed by atoms with E-state index < -0.39 is 6.10 Å². The Bertz CT molecular complexity index is 699. The molecular weight excluding hydrogens is 294 g/mol. The highest BCUT2D eigenvalue weighted by Crippen LogP contribution is 2.37. The molecule has 0 bridgehead atoms. The molecule has 122 valence electrons. The van der Waals surface area contributed by atoms with Gasteiger partial charge in [0.15, 0.2) is 0 Å². The Balaban J connectivity index is 1.58. The molecule has 0 saturated heterocycles. The van der Waals surface area contributed by atoms with Crippen LogP contribution in [0.2, 0.25) is 0 Å². The van der Waals surface area contributed by atoms with E-state index in [1.807, 2.05) is 18.5 Å². The molecule has 0 spiro atoms. The van der Waals surface area contributed by atoms with Gasteiger partial charge in [-0.2, -0.15) is 0 Å². The number of hydrogen-bond donors (Lipinski definition) is 2. The molecule has 2 aromatic rings. The van der Waals surface area contributed by atoms with E-state index in [1.165, 1.54) is 0 Å². The number of aromatic nitrogens is 4. The fourth-order valence-electron chi connectivity index (χ4n) is 3.21. The van der Waals surface area contributed by atoms with Crippen LogP contribution in [-0.2, 0) is 7.05 Å². The number of aliphatic hydroxyl groups excluding tert-OH is 1. The molecule has 0 aromatic carbocycles. The van der Waals surface area contributed by atoms with Crippen molar-refractivity contribution in [1.82, 2.24) is 25.1 Å². The number of rotatable bonds is 4. The van der Waals surface area contributed by atoms with Crippen molar-refractivity contribution in [3.05, 3.63) is 41.7 Å². The van der Waals surface area contributed by atoms with Crippen molar-refractivity contribution in [2.45, 2.75) is 31.8 Å². The smallest absolute Gasteiger partial charge is 0.251 e. The van der Waals surface area contributed by atoms with Crippen LogP contribution in [0.4, 0.5) is 0 Å². The molecule has 2 heterocycles. The molecule has 0 aliphatic heterocycles. The molecule has 3 atom stereocenters. The zero-order valence-corrected chi connectivity index (χ0v) is 13.3. The highest BCUT2D eigenvalue weighted by Gasteiger charge is 2.36. The predicted molar refractivity (Wildman–Crippen MR) is 83.8 cm³/mol. The molecular formula is C16H21N5O2. The summed E-state index contributed by atoms with van der Waals surface area (Å²) >= 11 is 0. The van der Waals surface area contributed by atoms with Gasteiger partial charge in [0.05, 0.1) is 6.10 Å². The molecule has 1 fully saturated rings. The molecule has 2 aromatic heterocycles. The minimum atomic E-state index is -0.434. The van der Waals surface area contributed by atoms with E-state index in [9.17, 15) is 9.90 Å². The summed E-state index contributed by atoms with van der Waals surface area (Å²) in [6, 6.07) is 3.44. The van der Waals surface area contributed by atoms with Crippen molar-refractivity contribution in [2.24, 2.45) is 13.0 Å². The Morgan fingerprint density at radius 3 is 3.00 bits per heavy atom. The zero-order chi connectivity index (χ0) is 16.4. The first-order chi connectivity index (χ1) is 11.0. The monoisotopic (exact) mass is 315 g/mol. The minimum Gasteiger partial charge on any atom is -0.393 e. The lowest BCUT2D eigenvalue weighted by Crippen LogP contribution is -2.32. The highest BCUT2D eigenvalue weighted by atomic mass is 16.3. The topological polar surface area (TPSA) is 92.9 Å². The minimum absolute atomic E-state index is 0.0311. The molecule has 0 unspecified atom stereocenters. The number of pyridine rings is 1. The molecule has 1 amide bonds. The van der Waals surface area contributed by atoms with Gasteiger partial charge in [0, 0.05) is 42.9 Å². The molecule has 0 radical (unpaired) electrons. The van der Waals surface area contributed by atoms with Crippen LogP contribution in [-0.4, -0.2) is 43.4 Å². The Hall–Kier alpha value is -2.28. The number of aryl methyl sites for hydroxylation is 2. The first-order valence-corrected chi connectivity index (χ1v) is 7.77. The van der Waals surface area contributed by atoms with E-state index in [1.54, 1.807) is 24.7 Å². The first kappa shape index (κ1) is 15.6. The summed E-state index contributed by atoms with van der Waals surface area (Å²) in [6.45, 7) is 2.30. The van der Waals surface area contributed by atoms with E-state index in [-0.39, 0.29) is 17.7 Å². The van der Waals surface area contributed by atoms with Gasteiger partial charge in [0.2, 0.25) is 0 Å². The fraction of sp³-hybridized carbons (Fsp3) is 0.500. The molecule has 7 heteroatoms. The molecule has 1 aliphatic rings. The summed E-state index contributed by atoms with van der Waals surface area (Å²) in [6.07, 6.45) is 4.31. The van der Waals surface area contributed by atoms with Crippen LogP contribution >= 0.6 is 0 Å². The van der Waals surface area contributed by atoms with Crippen LogP contribution < -0.4 is 5.32 Å². The zero-order valence-electron chi connectivity index (χ0n) is 13.3. The molecule has 1 saturated carbocycles. The van der Waals surface area contributed by atoms with E-state index in [0.29, 0.717) is 18.5 Å². The fourth-order valence-corrected chi connectivity index (χ4v) is 3.21. The SMILES string of the molecule is Cc1cc(C(=O)NC[C@H]2C[C@H](c3nncn3C)C[C@H]2O)ccn1. The largest absolute Gasteiger partial charge is 0.393 e. The Morgan fingerprint density at radius 2 is 2.30 bits per heavy atom. The quantitative estimate of drug-likeness (QED) is 0.870. The van der Waals surface area contributed by atoms with Gasteiger partial charge < -0.3 is 15.0 Å². The average molecular weight is 315 g/mol. The molecule has 2 N–H and O–H groups in total. The second kappa shape index (κ2) is 6.45. The van der Waals surface area contributed by atoms with Crippen LogP contribution in [0, 0.1) is 12.8 Å². The van der Waals surface area contributed by atoms with E-state index >= 15 is 0 Å². The number of nitrogens with zero attached hydrogens (tertiary/aromatic N) is 4. The Kier molecular flexibility index (Phi) is 4.38. The van der Waals surface area contributed by atoms with Gasteiger partial charge in [-0.05, 0) is 31.9 Å². The Labute approximate surface area is 134 Å². The number of nitrogens with one attached hydrogen (secondary N) is 1. The molecule has 7 nitrogen and oxygen atoms in total. The van der Waals surface area contributed by atoms with Crippen LogP contribution in [0.5, 0.6) is 0 Å². The second-order valence-electron chi connectivity index (χ2n) is 6.19. The lowest BCUT2D eigenvalue weighted by Gasteiger charge is -2.15. The number of carbonyl (C=O) groups is 1. The second-order valence-corrected chi connectivity index (χ2v) is 6.19. The van der Waals surface area contributed by atoms with Crippen molar-refractivity contribution in [1.29, 1.82) is 0 Å². The summed E-state index contributed by atoms with van der Waals surface area (Å²) in [4.78, 5) is 16.3. The maximum absolute atomic E-state index is 12.2. The van der Waals surface area contributed by atoms with Crippen molar-refractivity contribution in [3.8, 4) is 0 Å². The molecule has 23 heavy (non-hydrogen) atoms. The lowest BCUT2D eigenvalue weighted by atomic mass is 10.0. The molecule has 3 rings (SSSR count). The van der Waals surface area contributed by atoms with Crippen LogP contribution in [0.1, 0.15) is 40.6 Å². The van der Waals surface area contributed by atoms with Crippen LogP contribution in [0.15, 0.2) is 24.7 Å². The lowest BCUT2D eigenvalue weighted by molar-refractivity contribution is 0.0916. The van der Waals surface area contributed by atoms with Gasteiger partial charge in [-0.1, -0.05) is 0 Å². The number of aliphatic hydroxyl groups is 1. The summed E-state index contributed by atoms with van der Waals surface area (Å²) in [5.74, 6) is 0.971. The van der Waals surface area contributed by atoms with E-state index in [4.69, 9.17) is 0 Å². The van der Waals surface area contributed by atoms with Gasteiger partial charge in [0.25, 0.3) is 5.91 Å². The van der Waals surface area contributed by atoms with Crippen LogP contribution in [0.25, 0.3) is 0 Å². The third-order valence-corrected chi connectivity index (χ3v) is 4.45. The van der Waals surface area contributed by atoms with Crippen molar-refractivity contribution >= 4 is 5.91 Å².